The second-order valence-electron chi connectivity index (χ2n) is 3.82. The van der Waals surface area contributed by atoms with Crippen molar-refractivity contribution >= 4 is 38.9 Å². The molecule has 0 atom stereocenters. The Labute approximate surface area is 123 Å². The third-order valence-electron chi connectivity index (χ3n) is 2.49. The van der Waals surface area contributed by atoms with Crippen LogP contribution < -0.4 is 0 Å². The topological polar surface area (TPSA) is 95.1 Å². The summed E-state index contributed by atoms with van der Waals surface area (Å²) in [6, 6.07) is 3.66. The first-order valence-electron chi connectivity index (χ1n) is 5.11. The molecule has 7 nitrogen and oxygen atoms in total. The van der Waals surface area contributed by atoms with Crippen molar-refractivity contribution in [3.8, 4) is 0 Å². The molecule has 20 heavy (non-hydrogen) atoms. The Morgan fingerprint density at radius 1 is 1.30 bits per heavy atom. The lowest BCUT2D eigenvalue weighted by atomic mass is 10.4. The van der Waals surface area contributed by atoms with Crippen molar-refractivity contribution in [2.45, 2.75) is 9.92 Å². The molecule has 0 saturated carbocycles. The number of rotatable bonds is 3. The lowest BCUT2D eigenvalue weighted by Gasteiger charge is -2.05. The molecule has 0 N–H and O–H groups in total. The van der Waals surface area contributed by atoms with E-state index < -0.39 is 25.6 Å². The fourth-order valence-corrected chi connectivity index (χ4v) is 3.50. The van der Waals surface area contributed by atoms with Gasteiger partial charge in [0.1, 0.15) is 0 Å². The fraction of sp³-hybridized carbons (Fsp3) is 0.100. The van der Waals surface area contributed by atoms with E-state index in [9.17, 15) is 18.5 Å². The van der Waals surface area contributed by atoms with E-state index in [1.807, 2.05) is 0 Å². The van der Waals surface area contributed by atoms with E-state index in [-0.39, 0.29) is 14.9 Å². The predicted octanol–water partition coefficient (Wildman–Crippen LogP) is 2.47. The van der Waals surface area contributed by atoms with Gasteiger partial charge in [-0.15, -0.1) is 0 Å². The van der Waals surface area contributed by atoms with Gasteiger partial charge in [-0.3, -0.25) is 4.57 Å². The van der Waals surface area contributed by atoms with Crippen LogP contribution in [0.1, 0.15) is 0 Å². The monoisotopic (exact) mass is 335 g/mol. The summed E-state index contributed by atoms with van der Waals surface area (Å²) >= 11 is 11.5. The van der Waals surface area contributed by atoms with Gasteiger partial charge in [-0.25, -0.2) is 8.42 Å². The average molecular weight is 336 g/mol. The Bertz CT molecular complexity index is 801. The van der Waals surface area contributed by atoms with Crippen LogP contribution in [0.25, 0.3) is 0 Å². The molecule has 106 valence electrons. The normalized spacial score (nSPS) is 11.6. The zero-order valence-electron chi connectivity index (χ0n) is 9.95. The molecule has 0 bridgehead atoms. The lowest BCUT2D eigenvalue weighted by molar-refractivity contribution is -0.392. The summed E-state index contributed by atoms with van der Waals surface area (Å²) in [4.78, 5) is 13.3. The van der Waals surface area contributed by atoms with E-state index >= 15 is 0 Å². The molecule has 0 aliphatic rings. The van der Waals surface area contributed by atoms with Crippen LogP contribution in [0.15, 0.2) is 34.4 Å². The van der Waals surface area contributed by atoms with Gasteiger partial charge < -0.3 is 10.1 Å². The minimum atomic E-state index is -4.13. The third kappa shape index (κ3) is 2.37. The van der Waals surface area contributed by atoms with E-state index in [1.54, 1.807) is 0 Å². The van der Waals surface area contributed by atoms with Crippen molar-refractivity contribution in [1.82, 2.24) is 9.55 Å². The van der Waals surface area contributed by atoms with Gasteiger partial charge in [0.25, 0.3) is 0 Å². The van der Waals surface area contributed by atoms with Gasteiger partial charge in [-0.1, -0.05) is 23.2 Å². The first-order chi connectivity index (χ1) is 9.25. The number of nitro groups is 1. The largest absolute Gasteiger partial charge is 0.401 e. The molecular weight excluding hydrogens is 329 g/mol. The molecule has 1 aromatic heterocycles. The number of aromatic nitrogens is 2. The summed E-state index contributed by atoms with van der Waals surface area (Å²) in [6.07, 6.45) is 1.06. The first kappa shape index (κ1) is 14.8. The molecule has 0 aliphatic carbocycles. The number of halogens is 2. The Morgan fingerprint density at radius 2 is 1.95 bits per heavy atom. The maximum absolute atomic E-state index is 12.4. The van der Waals surface area contributed by atoms with Gasteiger partial charge in [-0.2, -0.15) is 0 Å². The minimum absolute atomic E-state index is 0.0394. The van der Waals surface area contributed by atoms with Crippen LogP contribution >= 0.6 is 23.2 Å². The Kier molecular flexibility index (Phi) is 3.72. The number of hydrogen-bond donors (Lipinski definition) is 0. The van der Waals surface area contributed by atoms with Gasteiger partial charge in [-0.05, 0) is 28.1 Å². The van der Waals surface area contributed by atoms with E-state index in [4.69, 9.17) is 23.2 Å². The van der Waals surface area contributed by atoms with Gasteiger partial charge >= 0.3 is 5.82 Å². The van der Waals surface area contributed by atoms with E-state index in [0.29, 0.717) is 0 Å². The van der Waals surface area contributed by atoms with E-state index in [1.165, 1.54) is 19.2 Å². The third-order valence-corrected chi connectivity index (χ3v) is 5.09. The van der Waals surface area contributed by atoms with Crippen LogP contribution in [0, 0.1) is 10.1 Å². The number of benzene rings is 1. The fourth-order valence-electron chi connectivity index (χ4n) is 1.60. The number of nitrogens with zero attached hydrogens (tertiary/aromatic N) is 3. The highest BCUT2D eigenvalue weighted by atomic mass is 35.5. The zero-order valence-corrected chi connectivity index (χ0v) is 12.3. The molecule has 0 saturated heterocycles. The molecule has 0 fully saturated rings. The molecule has 0 spiro atoms. The minimum Gasteiger partial charge on any atom is -0.358 e. The molecule has 2 rings (SSSR count). The number of sulfone groups is 1. The standard InChI is InChI=1S/C10H7Cl2N3O4S/c1-14-5-13-9(15(16)17)10(14)20(18,19)6-2-3-7(11)8(12)4-6/h2-5H,1H3. The highest BCUT2D eigenvalue weighted by Gasteiger charge is 2.33. The van der Waals surface area contributed by atoms with Crippen LogP contribution in [0.3, 0.4) is 0 Å². The summed E-state index contributed by atoms with van der Waals surface area (Å²) in [5, 5.41) is 10.6. The Hall–Kier alpha value is -1.64. The summed E-state index contributed by atoms with van der Waals surface area (Å²) in [7, 11) is -2.77. The van der Waals surface area contributed by atoms with Crippen molar-refractivity contribution in [3.05, 3.63) is 44.7 Å². The van der Waals surface area contributed by atoms with Crippen molar-refractivity contribution in [1.29, 1.82) is 0 Å². The van der Waals surface area contributed by atoms with E-state index in [0.717, 1.165) is 17.0 Å². The van der Waals surface area contributed by atoms with Gasteiger partial charge in [0.15, 0.2) is 0 Å². The average Bonchev–Trinajstić information content (AvgIpc) is 2.75. The number of aryl methyl sites for hydroxylation is 1. The molecule has 1 heterocycles. The quantitative estimate of drug-likeness (QED) is 0.634. The smallest absolute Gasteiger partial charge is 0.358 e. The van der Waals surface area contributed by atoms with Crippen LogP contribution in [0.5, 0.6) is 0 Å². The second kappa shape index (κ2) is 5.04. The van der Waals surface area contributed by atoms with Gasteiger partial charge in [0.2, 0.25) is 21.2 Å². The van der Waals surface area contributed by atoms with Crippen molar-refractivity contribution < 1.29 is 13.3 Å². The highest BCUT2D eigenvalue weighted by Crippen LogP contribution is 2.31. The van der Waals surface area contributed by atoms with Crippen LogP contribution in [-0.4, -0.2) is 22.9 Å². The Morgan fingerprint density at radius 3 is 2.50 bits per heavy atom. The number of imidazole rings is 1. The van der Waals surface area contributed by atoms with Crippen LogP contribution in [0.4, 0.5) is 5.82 Å². The maximum Gasteiger partial charge on any atom is 0.401 e. The second-order valence-corrected chi connectivity index (χ2v) is 6.50. The summed E-state index contributed by atoms with van der Waals surface area (Å²) < 4.78 is 25.9. The van der Waals surface area contributed by atoms with E-state index in [2.05, 4.69) is 4.98 Å². The van der Waals surface area contributed by atoms with Crippen molar-refractivity contribution in [2.75, 3.05) is 0 Å². The molecule has 0 aliphatic heterocycles. The van der Waals surface area contributed by atoms with Crippen molar-refractivity contribution in [3.63, 3.8) is 0 Å². The molecule has 1 aromatic carbocycles. The van der Waals surface area contributed by atoms with Crippen molar-refractivity contribution in [2.24, 2.45) is 7.05 Å². The SMILES string of the molecule is Cn1cnc([N+](=O)[O-])c1S(=O)(=O)c1ccc(Cl)c(Cl)c1. The summed E-state index contributed by atoms with van der Waals surface area (Å²) in [5.41, 5.74) is 0. The van der Waals surface area contributed by atoms with Crippen LogP contribution in [-0.2, 0) is 16.9 Å². The zero-order chi connectivity index (χ0) is 15.1. The van der Waals surface area contributed by atoms with Gasteiger partial charge in [0, 0.05) is 7.05 Å². The maximum atomic E-state index is 12.4. The molecule has 2 aromatic rings. The first-order valence-corrected chi connectivity index (χ1v) is 7.35. The van der Waals surface area contributed by atoms with Gasteiger partial charge in [0.05, 0.1) is 14.9 Å². The lowest BCUT2D eigenvalue weighted by Crippen LogP contribution is -2.09. The summed E-state index contributed by atoms with van der Waals surface area (Å²) in [6.45, 7) is 0. The number of hydrogen-bond acceptors (Lipinski definition) is 5. The van der Waals surface area contributed by atoms with Crippen LogP contribution in [0.2, 0.25) is 10.0 Å². The molecular formula is C10H7Cl2N3O4S. The molecule has 0 amide bonds. The predicted molar refractivity (Wildman–Crippen MR) is 71.8 cm³/mol. The summed E-state index contributed by atoms with van der Waals surface area (Å²) in [5.74, 6) is -0.737. The molecule has 10 heteroatoms. The molecule has 0 radical (unpaired) electrons. The molecule has 0 unspecified atom stereocenters. The Balaban J connectivity index is 2.70. The highest BCUT2D eigenvalue weighted by molar-refractivity contribution is 7.91.